The average molecular weight is 409 g/mol. The number of hydrogen-bond acceptors (Lipinski definition) is 5. The van der Waals surface area contributed by atoms with Gasteiger partial charge in [0, 0.05) is 17.8 Å². The van der Waals surface area contributed by atoms with Crippen LogP contribution in [0.4, 0.5) is 5.69 Å². The summed E-state index contributed by atoms with van der Waals surface area (Å²) in [5, 5.41) is 3.34. The average Bonchev–Trinajstić information content (AvgIpc) is 3.16. The summed E-state index contributed by atoms with van der Waals surface area (Å²) in [6.07, 6.45) is 0. The molecule has 146 valence electrons. The number of carbonyl (C=O) groups is 1. The Kier molecular flexibility index (Phi) is 5.35. The molecule has 6 nitrogen and oxygen atoms in total. The third-order valence-electron chi connectivity index (χ3n) is 4.19. The number of nitrogens with one attached hydrogen (secondary N) is 1. The Balaban J connectivity index is 1.45. The Morgan fingerprint density at radius 3 is 2.72 bits per heavy atom. The molecule has 1 amide bonds. The van der Waals surface area contributed by atoms with Gasteiger partial charge in [-0.3, -0.25) is 4.79 Å². The van der Waals surface area contributed by atoms with Crippen molar-refractivity contribution < 1.29 is 18.7 Å². The van der Waals surface area contributed by atoms with Crippen molar-refractivity contribution in [2.24, 2.45) is 0 Å². The fraction of sp³-hybridized carbons (Fsp3) is 0.0909. The van der Waals surface area contributed by atoms with Crippen molar-refractivity contribution in [2.75, 3.05) is 19.0 Å². The predicted molar refractivity (Wildman–Crippen MR) is 112 cm³/mol. The zero-order chi connectivity index (χ0) is 20.2. The maximum atomic E-state index is 12.2. The van der Waals surface area contributed by atoms with Crippen LogP contribution >= 0.6 is 11.6 Å². The van der Waals surface area contributed by atoms with Gasteiger partial charge in [0.25, 0.3) is 5.91 Å². The highest BCUT2D eigenvalue weighted by atomic mass is 35.5. The highest BCUT2D eigenvalue weighted by molar-refractivity contribution is 6.33. The number of oxazole rings is 1. The SMILES string of the molecule is COc1cccc(OCC(=O)Nc2ccc3nc(-c4ccccc4Cl)oc3c2)c1. The van der Waals surface area contributed by atoms with Crippen molar-refractivity contribution >= 4 is 34.3 Å². The number of carbonyl (C=O) groups excluding carboxylic acids is 1. The van der Waals surface area contributed by atoms with Crippen molar-refractivity contribution in [2.45, 2.75) is 0 Å². The van der Waals surface area contributed by atoms with Crippen LogP contribution in [-0.2, 0) is 4.79 Å². The number of anilines is 1. The van der Waals surface area contributed by atoms with E-state index in [0.29, 0.717) is 44.8 Å². The second-order valence-electron chi connectivity index (χ2n) is 6.20. The summed E-state index contributed by atoms with van der Waals surface area (Å²) in [7, 11) is 1.57. The maximum Gasteiger partial charge on any atom is 0.262 e. The number of benzene rings is 3. The van der Waals surface area contributed by atoms with Gasteiger partial charge in [0.1, 0.15) is 17.0 Å². The molecule has 0 spiro atoms. The zero-order valence-electron chi connectivity index (χ0n) is 15.5. The molecule has 1 N–H and O–H groups in total. The number of methoxy groups -OCH3 is 1. The Morgan fingerprint density at radius 1 is 1.07 bits per heavy atom. The summed E-state index contributed by atoms with van der Waals surface area (Å²) < 4.78 is 16.5. The van der Waals surface area contributed by atoms with Crippen molar-refractivity contribution in [1.29, 1.82) is 0 Å². The lowest BCUT2D eigenvalue weighted by atomic mass is 10.2. The molecule has 0 bridgehead atoms. The van der Waals surface area contributed by atoms with E-state index in [-0.39, 0.29) is 12.5 Å². The van der Waals surface area contributed by atoms with Crippen LogP contribution in [0.2, 0.25) is 5.02 Å². The van der Waals surface area contributed by atoms with Crippen molar-refractivity contribution in [3.05, 3.63) is 71.8 Å². The second-order valence-corrected chi connectivity index (χ2v) is 6.60. The number of ether oxygens (including phenoxy) is 2. The van der Waals surface area contributed by atoms with Crippen molar-refractivity contribution in [1.82, 2.24) is 4.98 Å². The van der Waals surface area contributed by atoms with Gasteiger partial charge in [-0.25, -0.2) is 4.98 Å². The smallest absolute Gasteiger partial charge is 0.262 e. The van der Waals surface area contributed by atoms with Gasteiger partial charge >= 0.3 is 0 Å². The summed E-state index contributed by atoms with van der Waals surface area (Å²) in [5.74, 6) is 1.34. The topological polar surface area (TPSA) is 73.6 Å². The third-order valence-corrected chi connectivity index (χ3v) is 4.52. The molecule has 4 rings (SSSR count). The molecular weight excluding hydrogens is 392 g/mol. The molecule has 29 heavy (non-hydrogen) atoms. The molecule has 4 aromatic rings. The first-order valence-corrected chi connectivity index (χ1v) is 9.22. The molecule has 0 saturated carbocycles. The summed E-state index contributed by atoms with van der Waals surface area (Å²) in [6.45, 7) is -0.132. The van der Waals surface area contributed by atoms with Gasteiger partial charge in [0.15, 0.2) is 12.2 Å². The lowest BCUT2D eigenvalue weighted by molar-refractivity contribution is -0.118. The minimum absolute atomic E-state index is 0.132. The molecule has 0 saturated heterocycles. The molecule has 1 heterocycles. The molecule has 0 aliphatic rings. The lowest BCUT2D eigenvalue weighted by Crippen LogP contribution is -2.20. The van der Waals surface area contributed by atoms with Gasteiger partial charge in [-0.1, -0.05) is 29.8 Å². The number of rotatable bonds is 6. The minimum atomic E-state index is -0.294. The molecule has 7 heteroatoms. The molecule has 0 aliphatic carbocycles. The first-order chi connectivity index (χ1) is 14.1. The Morgan fingerprint density at radius 2 is 1.90 bits per heavy atom. The van der Waals surface area contributed by atoms with E-state index in [9.17, 15) is 4.79 Å². The fourth-order valence-electron chi connectivity index (χ4n) is 2.79. The number of aromatic nitrogens is 1. The fourth-order valence-corrected chi connectivity index (χ4v) is 3.01. The molecule has 0 atom stereocenters. The molecule has 0 radical (unpaired) electrons. The van der Waals surface area contributed by atoms with Gasteiger partial charge in [0.05, 0.1) is 17.7 Å². The molecule has 1 aromatic heterocycles. The summed E-state index contributed by atoms with van der Waals surface area (Å²) in [4.78, 5) is 16.7. The van der Waals surface area contributed by atoms with E-state index in [1.54, 1.807) is 55.6 Å². The van der Waals surface area contributed by atoms with Gasteiger partial charge in [-0.2, -0.15) is 0 Å². The van der Waals surface area contributed by atoms with Crippen LogP contribution < -0.4 is 14.8 Å². The Hall–Kier alpha value is -3.51. The highest BCUT2D eigenvalue weighted by Crippen LogP contribution is 2.30. The van der Waals surface area contributed by atoms with Crippen LogP contribution in [0.15, 0.2) is 71.1 Å². The quantitative estimate of drug-likeness (QED) is 0.476. The zero-order valence-corrected chi connectivity index (χ0v) is 16.3. The monoisotopic (exact) mass is 408 g/mol. The number of fused-ring (bicyclic) bond motifs is 1. The molecule has 0 aliphatic heterocycles. The van der Waals surface area contributed by atoms with E-state index < -0.39 is 0 Å². The van der Waals surface area contributed by atoms with Crippen molar-refractivity contribution in [3.63, 3.8) is 0 Å². The predicted octanol–water partition coefficient (Wildman–Crippen LogP) is 5.17. The maximum absolute atomic E-state index is 12.2. The number of halogens is 1. The molecular formula is C22H17ClN2O4. The number of hydrogen-bond donors (Lipinski definition) is 1. The van der Waals surface area contributed by atoms with E-state index in [1.165, 1.54) is 0 Å². The first kappa shape index (κ1) is 18.8. The van der Waals surface area contributed by atoms with E-state index in [1.807, 2.05) is 18.2 Å². The Labute approximate surface area is 172 Å². The Bertz CT molecular complexity index is 1170. The highest BCUT2D eigenvalue weighted by Gasteiger charge is 2.12. The molecule has 3 aromatic carbocycles. The van der Waals surface area contributed by atoms with Crippen LogP contribution in [-0.4, -0.2) is 24.6 Å². The minimum Gasteiger partial charge on any atom is -0.497 e. The van der Waals surface area contributed by atoms with Gasteiger partial charge in [-0.15, -0.1) is 0 Å². The van der Waals surface area contributed by atoms with E-state index in [4.69, 9.17) is 25.5 Å². The molecule has 0 unspecified atom stereocenters. The second kappa shape index (κ2) is 8.24. The van der Waals surface area contributed by atoms with Crippen LogP contribution in [0.5, 0.6) is 11.5 Å². The van der Waals surface area contributed by atoms with Crippen LogP contribution in [0.25, 0.3) is 22.6 Å². The van der Waals surface area contributed by atoms with Crippen LogP contribution in [0.1, 0.15) is 0 Å². The number of nitrogens with zero attached hydrogens (tertiary/aromatic N) is 1. The first-order valence-electron chi connectivity index (χ1n) is 8.84. The van der Waals surface area contributed by atoms with Crippen LogP contribution in [0, 0.1) is 0 Å². The lowest BCUT2D eigenvalue weighted by Gasteiger charge is -2.08. The van der Waals surface area contributed by atoms with Crippen molar-refractivity contribution in [3.8, 4) is 23.0 Å². The van der Waals surface area contributed by atoms with E-state index in [2.05, 4.69) is 10.3 Å². The molecule has 0 fully saturated rings. The summed E-state index contributed by atoms with van der Waals surface area (Å²) >= 11 is 6.21. The standard InChI is InChI=1S/C22H17ClN2O4/c1-27-15-5-4-6-16(12-15)28-13-21(26)24-14-9-10-19-20(11-14)29-22(25-19)17-7-2-3-8-18(17)23/h2-12H,13H2,1H3,(H,24,26). The van der Waals surface area contributed by atoms with Gasteiger partial charge in [-0.05, 0) is 36.4 Å². The van der Waals surface area contributed by atoms with E-state index >= 15 is 0 Å². The van der Waals surface area contributed by atoms with Gasteiger partial charge in [0.2, 0.25) is 5.89 Å². The number of amides is 1. The van der Waals surface area contributed by atoms with E-state index in [0.717, 1.165) is 0 Å². The third kappa shape index (κ3) is 4.33. The van der Waals surface area contributed by atoms with Gasteiger partial charge < -0.3 is 19.2 Å². The largest absolute Gasteiger partial charge is 0.497 e. The van der Waals surface area contributed by atoms with Crippen LogP contribution in [0.3, 0.4) is 0 Å². The normalized spacial score (nSPS) is 10.7. The summed E-state index contributed by atoms with van der Waals surface area (Å²) in [5.41, 5.74) is 2.51. The summed E-state index contributed by atoms with van der Waals surface area (Å²) in [6, 6.07) is 19.6.